The third-order valence-corrected chi connectivity index (χ3v) is 2.98. The minimum absolute atomic E-state index is 0.363. The van der Waals surface area contributed by atoms with Gasteiger partial charge in [0.15, 0.2) is 6.10 Å². The summed E-state index contributed by atoms with van der Waals surface area (Å²) in [7, 11) is 0. The average Bonchev–Trinajstić information content (AvgIpc) is 2.37. The number of aliphatic hydroxyl groups is 2. The Hall–Kier alpha value is -1.59. The second kappa shape index (κ2) is 5.19. The highest BCUT2D eigenvalue weighted by molar-refractivity contribution is 5.83. The molecule has 0 aliphatic rings. The molecule has 0 amide bonds. The van der Waals surface area contributed by atoms with E-state index in [1.807, 2.05) is 24.3 Å². The van der Waals surface area contributed by atoms with Gasteiger partial charge in [0.1, 0.15) is 0 Å². The molecule has 0 fully saturated rings. The normalized spacial score (nSPS) is 15.4. The molecular formula is C14H13F3O2. The molecule has 0 aliphatic carbocycles. The van der Waals surface area contributed by atoms with Crippen LogP contribution in [0.1, 0.15) is 18.1 Å². The molecule has 0 radical (unpaired) electrons. The third kappa shape index (κ3) is 3.24. The van der Waals surface area contributed by atoms with Gasteiger partial charge in [-0.05, 0) is 22.4 Å². The van der Waals surface area contributed by atoms with E-state index >= 15 is 0 Å². The summed E-state index contributed by atoms with van der Waals surface area (Å²) in [5, 5.41) is 20.5. The van der Waals surface area contributed by atoms with Crippen molar-refractivity contribution >= 4 is 10.8 Å². The Labute approximate surface area is 108 Å². The van der Waals surface area contributed by atoms with Crippen molar-refractivity contribution in [2.45, 2.75) is 24.8 Å². The van der Waals surface area contributed by atoms with Gasteiger partial charge in [-0.2, -0.15) is 13.2 Å². The lowest BCUT2D eigenvalue weighted by atomic mass is 10.00. The second-order valence-electron chi connectivity index (χ2n) is 4.42. The Morgan fingerprint density at radius 3 is 2.21 bits per heavy atom. The smallest absolute Gasteiger partial charge is 0.388 e. The molecule has 2 N–H and O–H groups in total. The van der Waals surface area contributed by atoms with Crippen LogP contribution in [-0.4, -0.2) is 22.5 Å². The van der Waals surface area contributed by atoms with Crippen molar-refractivity contribution in [1.82, 2.24) is 0 Å². The highest BCUT2D eigenvalue weighted by Crippen LogP contribution is 2.29. The van der Waals surface area contributed by atoms with Crippen LogP contribution in [0, 0.1) is 0 Å². The second-order valence-corrected chi connectivity index (χ2v) is 4.42. The zero-order valence-corrected chi connectivity index (χ0v) is 9.93. The Bertz CT molecular complexity index is 566. The third-order valence-electron chi connectivity index (χ3n) is 2.98. The van der Waals surface area contributed by atoms with Gasteiger partial charge in [-0.25, -0.2) is 0 Å². The first-order valence-electron chi connectivity index (χ1n) is 5.79. The van der Waals surface area contributed by atoms with Crippen molar-refractivity contribution in [3.63, 3.8) is 0 Å². The molecule has 0 bridgehead atoms. The van der Waals surface area contributed by atoms with Crippen LogP contribution in [0.2, 0.25) is 0 Å². The minimum Gasteiger partial charge on any atom is -0.388 e. The van der Waals surface area contributed by atoms with E-state index in [-0.39, 0.29) is 0 Å². The number of hydrogen-bond donors (Lipinski definition) is 2. The van der Waals surface area contributed by atoms with E-state index in [9.17, 15) is 18.3 Å². The van der Waals surface area contributed by atoms with Crippen molar-refractivity contribution in [2.75, 3.05) is 0 Å². The molecule has 0 saturated carbocycles. The molecule has 5 heteroatoms. The molecule has 0 aliphatic heterocycles. The van der Waals surface area contributed by atoms with E-state index in [0.717, 1.165) is 10.8 Å². The van der Waals surface area contributed by atoms with Gasteiger partial charge in [-0.1, -0.05) is 36.4 Å². The first kappa shape index (κ1) is 13.8. The van der Waals surface area contributed by atoms with Gasteiger partial charge in [0.2, 0.25) is 0 Å². The summed E-state index contributed by atoms with van der Waals surface area (Å²) < 4.78 is 36.7. The van der Waals surface area contributed by atoms with E-state index in [1.165, 1.54) is 0 Å². The van der Waals surface area contributed by atoms with Crippen LogP contribution in [0.4, 0.5) is 13.2 Å². The van der Waals surface area contributed by atoms with Gasteiger partial charge in [0.25, 0.3) is 0 Å². The van der Waals surface area contributed by atoms with Gasteiger partial charge in [-0.3, -0.25) is 0 Å². The summed E-state index contributed by atoms with van der Waals surface area (Å²) in [5.74, 6) is 0. The van der Waals surface area contributed by atoms with Crippen LogP contribution in [-0.2, 0) is 0 Å². The van der Waals surface area contributed by atoms with Gasteiger partial charge < -0.3 is 10.2 Å². The average molecular weight is 270 g/mol. The molecule has 102 valence electrons. The SMILES string of the molecule is O[C@@H](C[C@H](O)C(F)(F)F)c1ccc2ccccc2c1. The van der Waals surface area contributed by atoms with Gasteiger partial charge in [0.05, 0.1) is 6.10 Å². The van der Waals surface area contributed by atoms with Crippen molar-refractivity contribution in [3.8, 4) is 0 Å². The van der Waals surface area contributed by atoms with Crippen LogP contribution in [0.15, 0.2) is 42.5 Å². The Kier molecular flexibility index (Phi) is 3.78. The van der Waals surface area contributed by atoms with E-state index in [4.69, 9.17) is 5.11 Å². The molecule has 19 heavy (non-hydrogen) atoms. The van der Waals surface area contributed by atoms with E-state index < -0.39 is 24.8 Å². The first-order valence-corrected chi connectivity index (χ1v) is 5.79. The van der Waals surface area contributed by atoms with Crippen LogP contribution in [0.25, 0.3) is 10.8 Å². The summed E-state index contributed by atoms with van der Waals surface area (Å²) in [6.07, 6.45) is -9.34. The number of aliphatic hydroxyl groups excluding tert-OH is 2. The number of halogens is 3. The van der Waals surface area contributed by atoms with E-state index in [0.29, 0.717) is 5.56 Å². The number of rotatable bonds is 3. The molecule has 0 unspecified atom stereocenters. The zero-order valence-electron chi connectivity index (χ0n) is 9.93. The quantitative estimate of drug-likeness (QED) is 0.899. The fourth-order valence-corrected chi connectivity index (χ4v) is 1.90. The van der Waals surface area contributed by atoms with E-state index in [2.05, 4.69) is 0 Å². The molecular weight excluding hydrogens is 257 g/mol. The summed E-state index contributed by atoms with van der Waals surface area (Å²) in [6, 6.07) is 12.3. The summed E-state index contributed by atoms with van der Waals surface area (Å²) in [5.41, 5.74) is 0.363. The Morgan fingerprint density at radius 2 is 1.58 bits per heavy atom. The lowest BCUT2D eigenvalue weighted by molar-refractivity contribution is -0.211. The molecule has 0 aromatic heterocycles. The maximum atomic E-state index is 12.2. The number of fused-ring (bicyclic) bond motifs is 1. The summed E-state index contributed by atoms with van der Waals surface area (Å²) >= 11 is 0. The minimum atomic E-state index is -4.71. The maximum absolute atomic E-state index is 12.2. The van der Waals surface area contributed by atoms with Crippen molar-refractivity contribution in [2.24, 2.45) is 0 Å². The van der Waals surface area contributed by atoms with E-state index in [1.54, 1.807) is 18.2 Å². The van der Waals surface area contributed by atoms with Gasteiger partial charge in [0, 0.05) is 6.42 Å². The summed E-state index contributed by atoms with van der Waals surface area (Å²) in [4.78, 5) is 0. The van der Waals surface area contributed by atoms with Crippen LogP contribution in [0.3, 0.4) is 0 Å². The highest BCUT2D eigenvalue weighted by Gasteiger charge is 2.39. The number of alkyl halides is 3. The van der Waals surface area contributed by atoms with Gasteiger partial charge in [-0.15, -0.1) is 0 Å². The largest absolute Gasteiger partial charge is 0.414 e. The fourth-order valence-electron chi connectivity index (χ4n) is 1.90. The highest BCUT2D eigenvalue weighted by atomic mass is 19.4. The van der Waals surface area contributed by atoms with Crippen LogP contribution >= 0.6 is 0 Å². The predicted molar refractivity (Wildman–Crippen MR) is 65.6 cm³/mol. The molecule has 0 saturated heterocycles. The standard InChI is InChI=1S/C14H13F3O2/c15-14(16,17)13(19)8-12(18)11-6-5-9-3-1-2-4-10(9)7-11/h1-7,12-13,18-19H,8H2/t12-,13-/m0/s1. The lowest BCUT2D eigenvalue weighted by Gasteiger charge is -2.18. The van der Waals surface area contributed by atoms with Crippen LogP contribution < -0.4 is 0 Å². The molecule has 2 rings (SSSR count). The molecule has 2 aromatic rings. The van der Waals surface area contributed by atoms with Crippen molar-refractivity contribution < 1.29 is 23.4 Å². The molecule has 2 aromatic carbocycles. The topological polar surface area (TPSA) is 40.5 Å². The summed E-state index contributed by atoms with van der Waals surface area (Å²) in [6.45, 7) is 0. The molecule has 2 nitrogen and oxygen atoms in total. The van der Waals surface area contributed by atoms with Crippen LogP contribution in [0.5, 0.6) is 0 Å². The van der Waals surface area contributed by atoms with Gasteiger partial charge >= 0.3 is 6.18 Å². The number of hydrogen-bond acceptors (Lipinski definition) is 2. The first-order chi connectivity index (χ1) is 8.88. The fraction of sp³-hybridized carbons (Fsp3) is 0.286. The molecule has 2 atom stereocenters. The molecule has 0 spiro atoms. The van der Waals surface area contributed by atoms with Crippen molar-refractivity contribution in [1.29, 1.82) is 0 Å². The Morgan fingerprint density at radius 1 is 0.947 bits per heavy atom. The lowest BCUT2D eigenvalue weighted by Crippen LogP contribution is -2.30. The molecule has 0 heterocycles. The van der Waals surface area contributed by atoms with Crippen molar-refractivity contribution in [3.05, 3.63) is 48.0 Å². The monoisotopic (exact) mass is 270 g/mol. The predicted octanol–water partition coefficient (Wildman–Crippen LogP) is 3.19. The zero-order chi connectivity index (χ0) is 14.0. The number of benzene rings is 2. The maximum Gasteiger partial charge on any atom is 0.414 e. The Balaban J connectivity index is 2.19.